The van der Waals surface area contributed by atoms with E-state index in [2.05, 4.69) is 14.7 Å². The number of rotatable bonds is 4. The van der Waals surface area contributed by atoms with E-state index in [1.54, 1.807) is 19.3 Å². The summed E-state index contributed by atoms with van der Waals surface area (Å²) < 4.78 is 4.12. The van der Waals surface area contributed by atoms with Crippen LogP contribution in [0.2, 0.25) is 0 Å². The zero-order valence-corrected chi connectivity index (χ0v) is 10.2. The fourth-order valence-corrected chi connectivity index (χ4v) is 2.20. The molecule has 0 fully saturated rings. The Morgan fingerprint density at radius 3 is 3.06 bits per heavy atom. The lowest BCUT2D eigenvalue weighted by Crippen LogP contribution is -2.15. The first-order valence-electron chi connectivity index (χ1n) is 5.26. The Morgan fingerprint density at radius 2 is 2.41 bits per heavy atom. The fourth-order valence-electron chi connectivity index (χ4n) is 1.45. The molecule has 0 amide bonds. The van der Waals surface area contributed by atoms with Gasteiger partial charge < -0.3 is 16.2 Å². The lowest BCUT2D eigenvalue weighted by molar-refractivity contribution is 0.208. The quantitative estimate of drug-likeness (QED) is 0.767. The average Bonchev–Trinajstić information content (AvgIpc) is 2.69. The Kier molecular flexibility index (Phi) is 3.55. The van der Waals surface area contributed by atoms with Crippen LogP contribution in [0, 0.1) is 0 Å². The third kappa shape index (κ3) is 2.72. The zero-order chi connectivity index (χ0) is 12.3. The third-order valence-electron chi connectivity index (χ3n) is 2.23. The Morgan fingerprint density at radius 1 is 1.59 bits per heavy atom. The second kappa shape index (κ2) is 5.11. The molecule has 0 aliphatic rings. The van der Waals surface area contributed by atoms with Gasteiger partial charge in [-0.15, -0.1) is 0 Å². The molecule has 5 nitrogen and oxygen atoms in total. The molecule has 2 aromatic heterocycles. The molecule has 90 valence electrons. The van der Waals surface area contributed by atoms with Crippen molar-refractivity contribution < 1.29 is 5.11 Å². The summed E-state index contributed by atoms with van der Waals surface area (Å²) in [6, 6.07) is 3.78. The Hall–Kier alpha value is -1.66. The molecule has 4 N–H and O–H groups in total. The van der Waals surface area contributed by atoms with Gasteiger partial charge in [-0.25, -0.2) is 0 Å². The van der Waals surface area contributed by atoms with Crippen molar-refractivity contribution in [1.29, 1.82) is 0 Å². The van der Waals surface area contributed by atoms with Crippen molar-refractivity contribution in [3.05, 3.63) is 24.5 Å². The number of nitrogens with zero attached hydrogens (tertiary/aromatic N) is 2. The van der Waals surface area contributed by atoms with E-state index in [0.29, 0.717) is 12.4 Å². The number of pyridine rings is 1. The first-order chi connectivity index (χ1) is 8.18. The SMILES string of the molecule is CC(O)CNc1snc(N)c1-c1cccnc1. The Bertz CT molecular complexity index is 483. The lowest BCUT2D eigenvalue weighted by atomic mass is 10.1. The van der Waals surface area contributed by atoms with Crippen LogP contribution in [0.1, 0.15) is 6.92 Å². The highest BCUT2D eigenvalue weighted by molar-refractivity contribution is 7.11. The minimum atomic E-state index is -0.417. The summed E-state index contributed by atoms with van der Waals surface area (Å²) in [7, 11) is 0. The first kappa shape index (κ1) is 11.8. The average molecular weight is 250 g/mol. The minimum absolute atomic E-state index is 0.417. The number of aromatic nitrogens is 2. The number of nitrogens with one attached hydrogen (secondary N) is 1. The summed E-state index contributed by atoms with van der Waals surface area (Å²) in [5.41, 5.74) is 7.62. The van der Waals surface area contributed by atoms with Gasteiger partial charge in [-0.1, -0.05) is 6.07 Å². The Labute approximate surface area is 103 Å². The molecule has 0 aromatic carbocycles. The van der Waals surface area contributed by atoms with Crippen molar-refractivity contribution >= 4 is 22.4 Å². The number of aliphatic hydroxyl groups is 1. The van der Waals surface area contributed by atoms with Gasteiger partial charge in [-0.05, 0) is 24.5 Å². The molecule has 0 radical (unpaired) electrons. The van der Waals surface area contributed by atoms with Gasteiger partial charge in [0.25, 0.3) is 0 Å². The van der Waals surface area contributed by atoms with Crippen LogP contribution in [0.3, 0.4) is 0 Å². The van der Waals surface area contributed by atoms with E-state index in [9.17, 15) is 5.11 Å². The fraction of sp³-hybridized carbons (Fsp3) is 0.273. The van der Waals surface area contributed by atoms with Crippen molar-refractivity contribution in [3.8, 4) is 11.1 Å². The molecule has 1 atom stereocenters. The van der Waals surface area contributed by atoms with Crippen LogP contribution < -0.4 is 11.1 Å². The highest BCUT2D eigenvalue weighted by atomic mass is 32.1. The van der Waals surface area contributed by atoms with E-state index >= 15 is 0 Å². The highest BCUT2D eigenvalue weighted by Crippen LogP contribution is 2.36. The van der Waals surface area contributed by atoms with Crippen molar-refractivity contribution in [2.75, 3.05) is 17.6 Å². The lowest BCUT2D eigenvalue weighted by Gasteiger charge is -2.08. The van der Waals surface area contributed by atoms with Crippen molar-refractivity contribution in [1.82, 2.24) is 9.36 Å². The standard InChI is InChI=1S/C11H14N4OS/c1-7(16)5-14-11-9(10(12)15-17-11)8-3-2-4-13-6-8/h2-4,6-7,14,16H,5H2,1H3,(H2,12,15). The number of hydrogen-bond donors (Lipinski definition) is 3. The van der Waals surface area contributed by atoms with Crippen molar-refractivity contribution in [3.63, 3.8) is 0 Å². The van der Waals surface area contributed by atoms with Crippen LogP contribution in [-0.2, 0) is 0 Å². The molecule has 2 heterocycles. The number of nitrogens with two attached hydrogens (primary N) is 1. The largest absolute Gasteiger partial charge is 0.392 e. The minimum Gasteiger partial charge on any atom is -0.392 e. The monoisotopic (exact) mass is 250 g/mol. The molecule has 17 heavy (non-hydrogen) atoms. The third-order valence-corrected chi connectivity index (χ3v) is 3.05. The summed E-state index contributed by atoms with van der Waals surface area (Å²) >= 11 is 1.29. The normalized spacial score (nSPS) is 12.4. The van der Waals surface area contributed by atoms with Crippen LogP contribution >= 0.6 is 11.5 Å². The van der Waals surface area contributed by atoms with Gasteiger partial charge in [0.2, 0.25) is 0 Å². The van der Waals surface area contributed by atoms with Gasteiger partial charge in [0.1, 0.15) is 10.8 Å². The van der Waals surface area contributed by atoms with E-state index in [1.807, 2.05) is 12.1 Å². The maximum Gasteiger partial charge on any atom is 0.147 e. The molecule has 2 aromatic rings. The van der Waals surface area contributed by atoms with Gasteiger partial charge in [-0.3, -0.25) is 4.98 Å². The molecular formula is C11H14N4OS. The number of hydrogen-bond acceptors (Lipinski definition) is 6. The highest BCUT2D eigenvalue weighted by Gasteiger charge is 2.13. The first-order valence-corrected chi connectivity index (χ1v) is 6.03. The molecule has 2 rings (SSSR count). The number of nitrogen functional groups attached to an aromatic ring is 1. The molecule has 0 aliphatic carbocycles. The summed E-state index contributed by atoms with van der Waals surface area (Å²) in [5.74, 6) is 0.482. The smallest absolute Gasteiger partial charge is 0.147 e. The van der Waals surface area contributed by atoms with Gasteiger partial charge in [0, 0.05) is 24.5 Å². The zero-order valence-electron chi connectivity index (χ0n) is 9.42. The predicted molar refractivity (Wildman–Crippen MR) is 69.9 cm³/mol. The summed E-state index contributed by atoms with van der Waals surface area (Å²) in [6.07, 6.45) is 3.04. The van der Waals surface area contributed by atoms with Gasteiger partial charge >= 0.3 is 0 Å². The molecule has 1 unspecified atom stereocenters. The topological polar surface area (TPSA) is 84.1 Å². The number of aliphatic hydroxyl groups excluding tert-OH is 1. The number of anilines is 2. The van der Waals surface area contributed by atoms with Crippen molar-refractivity contribution in [2.24, 2.45) is 0 Å². The second-order valence-corrected chi connectivity index (χ2v) is 4.52. The van der Waals surface area contributed by atoms with Crippen LogP contribution in [0.4, 0.5) is 10.8 Å². The summed E-state index contributed by atoms with van der Waals surface area (Å²) in [5, 5.41) is 13.2. The van der Waals surface area contributed by atoms with Gasteiger partial charge in [0.05, 0.1) is 11.7 Å². The maximum atomic E-state index is 9.26. The van der Waals surface area contributed by atoms with Crippen LogP contribution in [0.5, 0.6) is 0 Å². The van der Waals surface area contributed by atoms with Crippen LogP contribution in [0.25, 0.3) is 11.1 Å². The second-order valence-electron chi connectivity index (χ2n) is 3.74. The molecule has 0 saturated heterocycles. The van der Waals surface area contributed by atoms with E-state index in [-0.39, 0.29) is 0 Å². The predicted octanol–water partition coefficient (Wildman–Crippen LogP) is 1.58. The summed E-state index contributed by atoms with van der Waals surface area (Å²) in [4.78, 5) is 4.06. The van der Waals surface area contributed by atoms with E-state index in [0.717, 1.165) is 16.1 Å². The van der Waals surface area contributed by atoms with E-state index in [1.165, 1.54) is 11.5 Å². The van der Waals surface area contributed by atoms with Gasteiger partial charge in [0.15, 0.2) is 0 Å². The molecule has 0 spiro atoms. The van der Waals surface area contributed by atoms with E-state index in [4.69, 9.17) is 5.73 Å². The van der Waals surface area contributed by atoms with E-state index < -0.39 is 6.10 Å². The van der Waals surface area contributed by atoms with Crippen molar-refractivity contribution in [2.45, 2.75) is 13.0 Å². The van der Waals surface area contributed by atoms with Crippen LogP contribution in [-0.4, -0.2) is 27.1 Å². The van der Waals surface area contributed by atoms with Gasteiger partial charge in [-0.2, -0.15) is 4.37 Å². The molecular weight excluding hydrogens is 236 g/mol. The van der Waals surface area contributed by atoms with Crippen LogP contribution in [0.15, 0.2) is 24.5 Å². The Balaban J connectivity index is 2.30. The molecule has 0 bridgehead atoms. The maximum absolute atomic E-state index is 9.26. The molecule has 0 aliphatic heterocycles. The molecule has 0 saturated carbocycles. The molecule has 6 heteroatoms. The summed E-state index contributed by atoms with van der Waals surface area (Å²) in [6.45, 7) is 2.19.